The van der Waals surface area contributed by atoms with Crippen LogP contribution in [0.5, 0.6) is 0 Å². The third kappa shape index (κ3) is 5.06. The van der Waals surface area contributed by atoms with Crippen LogP contribution in [0.25, 0.3) is 0 Å². The number of amides is 2. The molecule has 1 rings (SSSR count). The standard InChI is InChI=1S/C13H22N2O2S/c1-10(11-6-5-7-18-11)8-14-12(16)15(4)9-13(2,3)17/h5-7,10,17H,8-9H2,1-4H3,(H,14,16). The molecule has 0 fully saturated rings. The Hall–Kier alpha value is -1.07. The molecule has 1 heterocycles. The molecule has 0 aliphatic rings. The van der Waals surface area contributed by atoms with E-state index in [9.17, 15) is 9.90 Å². The van der Waals surface area contributed by atoms with Crippen LogP contribution in [0.4, 0.5) is 4.79 Å². The monoisotopic (exact) mass is 270 g/mol. The molecule has 0 aliphatic heterocycles. The molecule has 1 unspecified atom stereocenters. The number of urea groups is 1. The van der Waals surface area contributed by atoms with Crippen LogP contribution in [0.1, 0.15) is 31.6 Å². The molecule has 5 heteroatoms. The molecule has 0 saturated heterocycles. The Balaban J connectivity index is 2.37. The zero-order valence-electron chi connectivity index (χ0n) is 11.4. The zero-order chi connectivity index (χ0) is 13.8. The second-order valence-corrected chi connectivity index (χ2v) is 6.25. The molecule has 18 heavy (non-hydrogen) atoms. The number of hydrogen-bond acceptors (Lipinski definition) is 3. The number of thiophene rings is 1. The normalized spacial score (nSPS) is 13.2. The first-order chi connectivity index (χ1) is 8.29. The summed E-state index contributed by atoms with van der Waals surface area (Å²) in [5.74, 6) is 0.310. The van der Waals surface area contributed by atoms with E-state index in [0.717, 1.165) is 0 Å². The van der Waals surface area contributed by atoms with Crippen LogP contribution in [-0.4, -0.2) is 41.8 Å². The van der Waals surface area contributed by atoms with Gasteiger partial charge in [0, 0.05) is 24.4 Å². The topological polar surface area (TPSA) is 52.6 Å². The molecular weight excluding hydrogens is 248 g/mol. The van der Waals surface area contributed by atoms with Crippen molar-refractivity contribution in [2.45, 2.75) is 32.3 Å². The van der Waals surface area contributed by atoms with Gasteiger partial charge in [0.25, 0.3) is 0 Å². The number of carbonyl (C=O) groups excluding carboxylic acids is 1. The fraction of sp³-hybridized carbons (Fsp3) is 0.615. The van der Waals surface area contributed by atoms with Gasteiger partial charge in [0.2, 0.25) is 0 Å². The highest BCUT2D eigenvalue weighted by Gasteiger charge is 2.19. The second kappa shape index (κ2) is 6.20. The fourth-order valence-electron chi connectivity index (χ4n) is 1.70. The van der Waals surface area contributed by atoms with Crippen LogP contribution in [-0.2, 0) is 0 Å². The first kappa shape index (κ1) is 15.0. The summed E-state index contributed by atoms with van der Waals surface area (Å²) in [4.78, 5) is 14.6. The third-order valence-electron chi connectivity index (χ3n) is 2.56. The van der Waals surface area contributed by atoms with Crippen molar-refractivity contribution in [1.29, 1.82) is 0 Å². The van der Waals surface area contributed by atoms with Gasteiger partial charge in [-0.1, -0.05) is 13.0 Å². The number of nitrogens with zero attached hydrogens (tertiary/aromatic N) is 1. The maximum Gasteiger partial charge on any atom is 0.317 e. The van der Waals surface area contributed by atoms with E-state index >= 15 is 0 Å². The van der Waals surface area contributed by atoms with Crippen molar-refractivity contribution in [3.05, 3.63) is 22.4 Å². The van der Waals surface area contributed by atoms with Crippen LogP contribution >= 0.6 is 11.3 Å². The van der Waals surface area contributed by atoms with E-state index in [1.165, 1.54) is 9.78 Å². The highest BCUT2D eigenvalue weighted by molar-refractivity contribution is 7.10. The van der Waals surface area contributed by atoms with Gasteiger partial charge < -0.3 is 15.3 Å². The lowest BCUT2D eigenvalue weighted by Crippen LogP contribution is -2.45. The summed E-state index contributed by atoms with van der Waals surface area (Å²) >= 11 is 1.70. The molecule has 4 nitrogen and oxygen atoms in total. The van der Waals surface area contributed by atoms with Crippen molar-refractivity contribution in [3.8, 4) is 0 Å². The van der Waals surface area contributed by atoms with Crippen LogP contribution in [0, 0.1) is 0 Å². The maximum absolute atomic E-state index is 11.8. The minimum Gasteiger partial charge on any atom is -0.389 e. The van der Waals surface area contributed by atoms with E-state index in [1.54, 1.807) is 32.2 Å². The van der Waals surface area contributed by atoms with Gasteiger partial charge in [-0.15, -0.1) is 11.3 Å². The first-order valence-electron chi connectivity index (χ1n) is 6.04. The predicted molar refractivity (Wildman–Crippen MR) is 75.1 cm³/mol. The Morgan fingerprint density at radius 3 is 2.78 bits per heavy atom. The summed E-state index contributed by atoms with van der Waals surface area (Å²) in [6.45, 7) is 6.37. The van der Waals surface area contributed by atoms with Crippen LogP contribution in [0.3, 0.4) is 0 Å². The molecule has 0 aromatic carbocycles. The second-order valence-electron chi connectivity index (χ2n) is 5.27. The fourth-order valence-corrected chi connectivity index (χ4v) is 2.49. The summed E-state index contributed by atoms with van der Waals surface area (Å²) in [5, 5.41) is 14.6. The lowest BCUT2D eigenvalue weighted by Gasteiger charge is -2.26. The minimum atomic E-state index is -0.870. The molecule has 0 spiro atoms. The minimum absolute atomic E-state index is 0.152. The Bertz CT molecular complexity index is 371. The molecule has 2 amide bonds. The number of aliphatic hydroxyl groups is 1. The van der Waals surface area contributed by atoms with Crippen molar-refractivity contribution < 1.29 is 9.90 Å². The first-order valence-corrected chi connectivity index (χ1v) is 6.92. The quantitative estimate of drug-likeness (QED) is 0.862. The molecule has 0 bridgehead atoms. The molecular formula is C13H22N2O2S. The third-order valence-corrected chi connectivity index (χ3v) is 3.66. The van der Waals surface area contributed by atoms with E-state index < -0.39 is 5.60 Å². The van der Waals surface area contributed by atoms with Gasteiger partial charge in [0.15, 0.2) is 0 Å². The van der Waals surface area contributed by atoms with Gasteiger partial charge in [0.1, 0.15) is 0 Å². The average Bonchev–Trinajstić information content (AvgIpc) is 2.76. The molecule has 2 N–H and O–H groups in total. The molecule has 102 valence electrons. The number of hydrogen-bond donors (Lipinski definition) is 2. The van der Waals surface area contributed by atoms with Crippen LogP contribution < -0.4 is 5.32 Å². The van der Waals surface area contributed by atoms with Crippen molar-refractivity contribution in [1.82, 2.24) is 10.2 Å². The number of likely N-dealkylation sites (N-methyl/N-ethyl adjacent to an activating group) is 1. The van der Waals surface area contributed by atoms with E-state index in [2.05, 4.69) is 18.3 Å². The van der Waals surface area contributed by atoms with Gasteiger partial charge >= 0.3 is 6.03 Å². The molecule has 1 aromatic rings. The summed E-state index contributed by atoms with van der Waals surface area (Å²) in [6.07, 6.45) is 0. The Morgan fingerprint density at radius 2 is 2.28 bits per heavy atom. The van der Waals surface area contributed by atoms with E-state index in [1.807, 2.05) is 11.4 Å². The number of carbonyl (C=O) groups is 1. The zero-order valence-corrected chi connectivity index (χ0v) is 12.3. The molecule has 1 atom stereocenters. The molecule has 0 radical (unpaired) electrons. The van der Waals surface area contributed by atoms with Crippen molar-refractivity contribution >= 4 is 17.4 Å². The highest BCUT2D eigenvalue weighted by Crippen LogP contribution is 2.19. The summed E-state index contributed by atoms with van der Waals surface area (Å²) < 4.78 is 0. The van der Waals surface area contributed by atoms with Gasteiger partial charge in [-0.05, 0) is 25.3 Å². The van der Waals surface area contributed by atoms with Crippen molar-refractivity contribution in [2.75, 3.05) is 20.1 Å². The average molecular weight is 270 g/mol. The van der Waals surface area contributed by atoms with Gasteiger partial charge in [-0.2, -0.15) is 0 Å². The van der Waals surface area contributed by atoms with E-state index in [4.69, 9.17) is 0 Å². The Labute approximate surface area is 113 Å². The Morgan fingerprint density at radius 1 is 1.61 bits per heavy atom. The SMILES string of the molecule is CC(CNC(=O)N(C)CC(C)(C)O)c1cccs1. The van der Waals surface area contributed by atoms with Gasteiger partial charge in [-0.25, -0.2) is 4.79 Å². The van der Waals surface area contributed by atoms with Gasteiger partial charge in [-0.3, -0.25) is 0 Å². The van der Waals surface area contributed by atoms with Gasteiger partial charge in [0.05, 0.1) is 12.1 Å². The summed E-state index contributed by atoms with van der Waals surface area (Å²) in [6, 6.07) is 3.93. The highest BCUT2D eigenvalue weighted by atomic mass is 32.1. The molecule has 0 saturated carbocycles. The summed E-state index contributed by atoms with van der Waals surface area (Å²) in [7, 11) is 1.68. The van der Waals surface area contributed by atoms with Crippen molar-refractivity contribution in [2.24, 2.45) is 0 Å². The van der Waals surface area contributed by atoms with E-state index in [-0.39, 0.29) is 6.03 Å². The summed E-state index contributed by atoms with van der Waals surface area (Å²) in [5.41, 5.74) is -0.870. The largest absolute Gasteiger partial charge is 0.389 e. The Kier molecular flexibility index (Phi) is 5.16. The number of rotatable bonds is 5. The molecule has 1 aromatic heterocycles. The lowest BCUT2D eigenvalue weighted by atomic mass is 10.1. The van der Waals surface area contributed by atoms with Crippen LogP contribution in [0.2, 0.25) is 0 Å². The number of nitrogens with one attached hydrogen (secondary N) is 1. The smallest absolute Gasteiger partial charge is 0.317 e. The van der Waals surface area contributed by atoms with E-state index in [0.29, 0.717) is 19.0 Å². The van der Waals surface area contributed by atoms with Crippen molar-refractivity contribution in [3.63, 3.8) is 0 Å². The predicted octanol–water partition coefficient (Wildman–Crippen LogP) is 2.26. The molecule has 0 aliphatic carbocycles. The lowest BCUT2D eigenvalue weighted by molar-refractivity contribution is 0.0532. The maximum atomic E-state index is 11.8. The van der Waals surface area contributed by atoms with Crippen LogP contribution in [0.15, 0.2) is 17.5 Å².